The zero-order valence-corrected chi connectivity index (χ0v) is 10.2. The molecule has 0 aliphatic carbocycles. The number of hydrogen-bond donors (Lipinski definition) is 2. The molecule has 94 valence electrons. The van der Waals surface area contributed by atoms with Crippen molar-refractivity contribution in [2.24, 2.45) is 0 Å². The number of benzene rings is 1. The first-order valence-corrected chi connectivity index (χ1v) is 6.37. The maximum Gasteiger partial charge on any atom is 0.167 e. The van der Waals surface area contributed by atoms with Crippen molar-refractivity contribution < 1.29 is 4.52 Å². The normalized spacial score (nSPS) is 19.2. The lowest BCUT2D eigenvalue weighted by atomic mass is 10.1. The van der Waals surface area contributed by atoms with Crippen molar-refractivity contribution in [1.82, 2.24) is 15.8 Å². The van der Waals surface area contributed by atoms with E-state index < -0.39 is 0 Å². The average Bonchev–Trinajstić information content (AvgIpc) is 3.09. The summed E-state index contributed by atoms with van der Waals surface area (Å²) in [7, 11) is 0. The number of rotatable bonds is 4. The van der Waals surface area contributed by atoms with Crippen molar-refractivity contribution in [3.63, 3.8) is 0 Å². The number of nitrogens with one attached hydrogen (secondary N) is 2. The summed E-state index contributed by atoms with van der Waals surface area (Å²) >= 11 is 0. The first-order chi connectivity index (χ1) is 8.92. The third kappa shape index (κ3) is 2.60. The van der Waals surface area contributed by atoms with Gasteiger partial charge >= 0.3 is 0 Å². The zero-order valence-electron chi connectivity index (χ0n) is 10.2. The van der Waals surface area contributed by atoms with Crippen molar-refractivity contribution in [3.8, 4) is 11.3 Å². The van der Waals surface area contributed by atoms with E-state index in [1.54, 1.807) is 0 Å². The smallest absolute Gasteiger partial charge is 0.167 e. The first-order valence-electron chi connectivity index (χ1n) is 6.37. The highest BCUT2D eigenvalue weighted by atomic mass is 16.5. The van der Waals surface area contributed by atoms with E-state index >= 15 is 0 Å². The van der Waals surface area contributed by atoms with Crippen LogP contribution >= 0.6 is 0 Å². The van der Waals surface area contributed by atoms with Crippen molar-refractivity contribution in [2.45, 2.75) is 19.0 Å². The van der Waals surface area contributed by atoms with Crippen LogP contribution in [0, 0.1) is 0 Å². The van der Waals surface area contributed by atoms with E-state index in [9.17, 15) is 0 Å². The van der Waals surface area contributed by atoms with Crippen LogP contribution in [0.25, 0.3) is 11.3 Å². The summed E-state index contributed by atoms with van der Waals surface area (Å²) in [5.74, 6) is 0.831. The Morgan fingerprint density at radius 3 is 3.00 bits per heavy atom. The molecule has 2 N–H and O–H groups in total. The van der Waals surface area contributed by atoms with Gasteiger partial charge in [0.2, 0.25) is 0 Å². The molecule has 1 unspecified atom stereocenters. The van der Waals surface area contributed by atoms with Gasteiger partial charge in [0, 0.05) is 30.8 Å². The van der Waals surface area contributed by atoms with E-state index in [1.807, 2.05) is 36.4 Å². The molecule has 1 saturated heterocycles. The summed E-state index contributed by atoms with van der Waals surface area (Å²) in [4.78, 5) is 0. The molecule has 3 rings (SSSR count). The Kier molecular flexibility index (Phi) is 3.39. The predicted molar refractivity (Wildman–Crippen MR) is 70.1 cm³/mol. The number of hydrogen-bond acceptors (Lipinski definition) is 4. The van der Waals surface area contributed by atoms with Gasteiger partial charge in [-0.1, -0.05) is 35.5 Å². The summed E-state index contributed by atoms with van der Waals surface area (Å²) in [5, 5.41) is 10.9. The molecule has 4 nitrogen and oxygen atoms in total. The van der Waals surface area contributed by atoms with E-state index in [0.717, 1.165) is 36.7 Å². The largest absolute Gasteiger partial charge is 0.356 e. The third-order valence-electron chi connectivity index (χ3n) is 3.25. The molecule has 0 amide bonds. The van der Waals surface area contributed by atoms with E-state index in [-0.39, 0.29) is 0 Å². The first kappa shape index (κ1) is 11.4. The Morgan fingerprint density at radius 2 is 2.22 bits per heavy atom. The number of aromatic nitrogens is 1. The van der Waals surface area contributed by atoms with Gasteiger partial charge in [0.15, 0.2) is 5.76 Å². The van der Waals surface area contributed by atoms with Gasteiger partial charge in [-0.2, -0.15) is 0 Å². The molecule has 18 heavy (non-hydrogen) atoms. The minimum Gasteiger partial charge on any atom is -0.356 e. The van der Waals surface area contributed by atoms with Gasteiger partial charge in [-0.3, -0.25) is 0 Å². The van der Waals surface area contributed by atoms with Crippen LogP contribution in [0.5, 0.6) is 0 Å². The fourth-order valence-corrected chi connectivity index (χ4v) is 2.21. The lowest BCUT2D eigenvalue weighted by molar-refractivity contribution is 0.416. The summed E-state index contributed by atoms with van der Waals surface area (Å²) in [5.41, 5.74) is 2.03. The second kappa shape index (κ2) is 5.33. The predicted octanol–water partition coefficient (Wildman–Crippen LogP) is 1.79. The Labute approximate surface area is 106 Å². The standard InChI is InChI=1S/C14H17N3O/c1-2-4-11(5-3-1)14-8-13(17-18-14)10-16-12-6-7-15-9-12/h1-5,8,12,15-16H,6-7,9-10H2. The summed E-state index contributed by atoms with van der Waals surface area (Å²) in [6, 6.07) is 12.6. The molecule has 1 fully saturated rings. The summed E-state index contributed by atoms with van der Waals surface area (Å²) in [6.07, 6.45) is 1.18. The average molecular weight is 243 g/mol. The molecule has 1 aromatic carbocycles. The van der Waals surface area contributed by atoms with E-state index in [4.69, 9.17) is 4.52 Å². The van der Waals surface area contributed by atoms with E-state index in [0.29, 0.717) is 6.04 Å². The molecule has 1 aromatic heterocycles. The molecule has 0 spiro atoms. The third-order valence-corrected chi connectivity index (χ3v) is 3.25. The summed E-state index contributed by atoms with van der Waals surface area (Å²) < 4.78 is 5.36. The fourth-order valence-electron chi connectivity index (χ4n) is 2.21. The summed E-state index contributed by atoms with van der Waals surface area (Å²) in [6.45, 7) is 2.91. The van der Waals surface area contributed by atoms with Crippen molar-refractivity contribution >= 4 is 0 Å². The topological polar surface area (TPSA) is 50.1 Å². The molecular formula is C14H17N3O. The molecule has 1 aliphatic heterocycles. The molecule has 4 heteroatoms. The molecule has 1 atom stereocenters. The van der Waals surface area contributed by atoms with Gasteiger partial charge < -0.3 is 15.2 Å². The minimum atomic E-state index is 0.557. The maximum absolute atomic E-state index is 5.36. The monoisotopic (exact) mass is 243 g/mol. The molecule has 0 radical (unpaired) electrons. The highest BCUT2D eigenvalue weighted by Gasteiger charge is 2.14. The van der Waals surface area contributed by atoms with E-state index in [2.05, 4.69) is 15.8 Å². The molecule has 2 aromatic rings. The quantitative estimate of drug-likeness (QED) is 0.859. The Morgan fingerprint density at radius 1 is 1.33 bits per heavy atom. The van der Waals surface area contributed by atoms with Crippen LogP contribution in [0.15, 0.2) is 40.9 Å². The van der Waals surface area contributed by atoms with Crippen molar-refractivity contribution in [3.05, 3.63) is 42.1 Å². The van der Waals surface area contributed by atoms with Crippen molar-refractivity contribution in [1.29, 1.82) is 0 Å². The van der Waals surface area contributed by atoms with Crippen LogP contribution in [-0.2, 0) is 6.54 Å². The highest BCUT2D eigenvalue weighted by molar-refractivity contribution is 5.56. The van der Waals surface area contributed by atoms with Crippen LogP contribution in [0.1, 0.15) is 12.1 Å². The zero-order chi connectivity index (χ0) is 12.2. The molecule has 1 aliphatic rings. The van der Waals surface area contributed by atoms with Crippen molar-refractivity contribution in [2.75, 3.05) is 13.1 Å². The fraction of sp³-hybridized carbons (Fsp3) is 0.357. The van der Waals surface area contributed by atoms with Gasteiger partial charge in [-0.15, -0.1) is 0 Å². The molecular weight excluding hydrogens is 226 g/mol. The molecule has 0 saturated carbocycles. The second-order valence-corrected chi connectivity index (χ2v) is 4.62. The van der Waals surface area contributed by atoms with E-state index in [1.165, 1.54) is 6.42 Å². The lowest BCUT2D eigenvalue weighted by Crippen LogP contribution is -2.30. The van der Waals surface area contributed by atoms with Gasteiger partial charge in [-0.25, -0.2) is 0 Å². The van der Waals surface area contributed by atoms with Gasteiger partial charge in [0.1, 0.15) is 0 Å². The Balaban J connectivity index is 1.63. The van der Waals surface area contributed by atoms with Gasteiger partial charge in [0.25, 0.3) is 0 Å². The second-order valence-electron chi connectivity index (χ2n) is 4.62. The SMILES string of the molecule is c1ccc(-c2cc(CNC3CCNC3)no2)cc1. The van der Waals surface area contributed by atoms with Crippen LogP contribution in [-0.4, -0.2) is 24.3 Å². The van der Waals surface area contributed by atoms with Gasteiger partial charge in [0.05, 0.1) is 5.69 Å². The molecule has 2 heterocycles. The highest BCUT2D eigenvalue weighted by Crippen LogP contribution is 2.19. The van der Waals surface area contributed by atoms with Crippen LogP contribution in [0.4, 0.5) is 0 Å². The Bertz CT molecular complexity index is 489. The maximum atomic E-state index is 5.36. The van der Waals surface area contributed by atoms with Gasteiger partial charge in [-0.05, 0) is 13.0 Å². The van der Waals surface area contributed by atoms with Crippen LogP contribution in [0.3, 0.4) is 0 Å². The molecule has 0 bridgehead atoms. The Hall–Kier alpha value is -1.65. The number of nitrogens with zero attached hydrogens (tertiary/aromatic N) is 1. The minimum absolute atomic E-state index is 0.557. The van der Waals surface area contributed by atoms with Crippen LogP contribution in [0.2, 0.25) is 0 Å². The van der Waals surface area contributed by atoms with Crippen LogP contribution < -0.4 is 10.6 Å². The lowest BCUT2D eigenvalue weighted by Gasteiger charge is -2.08.